The van der Waals surface area contributed by atoms with Gasteiger partial charge in [-0.05, 0) is 0 Å². The Bertz CT molecular complexity index is 121. The minimum atomic E-state index is -0.228. The Morgan fingerprint density at radius 2 is 2.09 bits per heavy atom. The molecular weight excluding hydrogens is 283 g/mol. The number of carbonyl (C=O) groups excluding carboxylic acids is 1. The normalized spacial score (nSPS) is 9.45. The molecule has 0 aromatic heterocycles. The zero-order valence-corrected chi connectivity index (χ0v) is 12.4. The molecule has 0 saturated heterocycles. The number of hydrogen-bond donors (Lipinski definition) is 0. The van der Waals surface area contributed by atoms with Gasteiger partial charge in [0, 0.05) is 0 Å². The van der Waals surface area contributed by atoms with E-state index in [0.29, 0.717) is 13.1 Å². The van der Waals surface area contributed by atoms with Crippen LogP contribution >= 0.6 is 18.4 Å². The standard InChI is InChI=1S/C5H11NO2S2.Cd/c1-3-6(4-2)5(7)8-10-9;/h9H,3-4H2,1-2H3;/q;+1/p-1. The monoisotopic (exact) mass is 294 g/mol. The maximum absolute atomic E-state index is 11.1. The average Bonchev–Trinajstić information content (AvgIpc) is 2.03. The molecule has 0 unspecified atom stereocenters. The second-order valence-electron chi connectivity index (χ2n) is 1.71. The van der Waals surface area contributed by atoms with Crippen LogP contribution in [-0.2, 0) is 28.4 Å². The van der Waals surface area contributed by atoms with E-state index in [1.54, 1.807) is 12.2 Å². The summed E-state index contributed by atoms with van der Waals surface area (Å²) in [5.74, 6) is 0. The van der Waals surface area contributed by atoms with Crippen molar-refractivity contribution >= 4 is 24.5 Å². The Kier molecular flexibility index (Phi) is 8.15. The van der Waals surface area contributed by atoms with E-state index in [9.17, 15) is 4.79 Å². The van der Waals surface area contributed by atoms with E-state index in [1.807, 2.05) is 13.8 Å². The fourth-order valence-electron chi connectivity index (χ4n) is 0.588. The molecule has 0 atom stereocenters. The average molecular weight is 293 g/mol. The van der Waals surface area contributed by atoms with Crippen molar-refractivity contribution in [1.29, 1.82) is 0 Å². The molecule has 3 nitrogen and oxygen atoms in total. The van der Waals surface area contributed by atoms with Gasteiger partial charge < -0.3 is 0 Å². The van der Waals surface area contributed by atoms with Crippen molar-refractivity contribution in [3.8, 4) is 0 Å². The topological polar surface area (TPSA) is 29.5 Å². The van der Waals surface area contributed by atoms with E-state index < -0.39 is 0 Å². The SMILES string of the molecule is CCN(CC)C(=O)OS[S][Cd]. The molecule has 0 radical (unpaired) electrons. The van der Waals surface area contributed by atoms with Crippen LogP contribution in [0.15, 0.2) is 0 Å². The van der Waals surface area contributed by atoms with Crippen LogP contribution in [0.3, 0.4) is 0 Å². The van der Waals surface area contributed by atoms with Gasteiger partial charge in [0.15, 0.2) is 0 Å². The van der Waals surface area contributed by atoms with Crippen LogP contribution in [-0.4, -0.2) is 24.1 Å². The Labute approximate surface area is 89.1 Å². The second kappa shape index (κ2) is 7.54. The molecular formula is C5H10CdNO2S2. The van der Waals surface area contributed by atoms with Gasteiger partial charge in [-0.15, -0.1) is 0 Å². The summed E-state index contributed by atoms with van der Waals surface area (Å²) in [4.78, 5) is 12.7. The van der Waals surface area contributed by atoms with Gasteiger partial charge in [0.2, 0.25) is 0 Å². The summed E-state index contributed by atoms with van der Waals surface area (Å²) in [6.45, 7) is 5.30. The van der Waals surface area contributed by atoms with Crippen molar-refractivity contribution in [3.63, 3.8) is 0 Å². The molecule has 0 bridgehead atoms. The van der Waals surface area contributed by atoms with Gasteiger partial charge in [0.05, 0.1) is 0 Å². The third kappa shape index (κ3) is 5.18. The summed E-state index contributed by atoms with van der Waals surface area (Å²) in [6, 6.07) is 0. The summed E-state index contributed by atoms with van der Waals surface area (Å²) in [6.07, 6.45) is -0.228. The van der Waals surface area contributed by atoms with E-state index in [1.165, 1.54) is 11.1 Å². The fourth-order valence-corrected chi connectivity index (χ4v) is 2.35. The van der Waals surface area contributed by atoms with Crippen LogP contribution in [0.2, 0.25) is 0 Å². The minimum absolute atomic E-state index is 0.228. The summed E-state index contributed by atoms with van der Waals surface area (Å²) >= 11 is 1.96. The van der Waals surface area contributed by atoms with Crippen LogP contribution in [0, 0.1) is 0 Å². The van der Waals surface area contributed by atoms with Crippen LogP contribution in [0.25, 0.3) is 0 Å². The molecule has 0 aliphatic heterocycles. The van der Waals surface area contributed by atoms with E-state index in [2.05, 4.69) is 0 Å². The number of hydrogen-bond acceptors (Lipinski definition) is 4. The number of amides is 1. The summed E-state index contributed by atoms with van der Waals surface area (Å²) in [5, 5.41) is 0. The predicted molar refractivity (Wildman–Crippen MR) is 44.6 cm³/mol. The molecule has 0 fully saturated rings. The van der Waals surface area contributed by atoms with Crippen LogP contribution in [0.1, 0.15) is 13.8 Å². The van der Waals surface area contributed by atoms with Crippen LogP contribution < -0.4 is 0 Å². The molecule has 0 spiro atoms. The molecule has 6 heteroatoms. The fraction of sp³-hybridized carbons (Fsp3) is 0.800. The van der Waals surface area contributed by atoms with Crippen molar-refractivity contribution in [2.45, 2.75) is 13.8 Å². The first kappa shape index (κ1) is 11.9. The first-order valence-electron chi connectivity index (χ1n) is 3.30. The van der Waals surface area contributed by atoms with Crippen molar-refractivity contribution in [3.05, 3.63) is 0 Å². The molecule has 0 saturated carbocycles. The number of carbonyl (C=O) groups is 1. The Morgan fingerprint density at radius 1 is 1.55 bits per heavy atom. The molecule has 0 N–H and O–H groups in total. The molecule has 61 valence electrons. The third-order valence-electron chi connectivity index (χ3n) is 1.18. The Morgan fingerprint density at radius 3 is 2.45 bits per heavy atom. The molecule has 11 heavy (non-hydrogen) atoms. The summed E-state index contributed by atoms with van der Waals surface area (Å²) in [7, 11) is 1.59. The maximum atomic E-state index is 11.1. The van der Waals surface area contributed by atoms with Gasteiger partial charge in [0.1, 0.15) is 0 Å². The summed E-state index contributed by atoms with van der Waals surface area (Å²) in [5.41, 5.74) is 0. The summed E-state index contributed by atoms with van der Waals surface area (Å²) < 4.78 is 4.84. The Balaban J connectivity index is 3.61. The van der Waals surface area contributed by atoms with E-state index >= 15 is 0 Å². The van der Waals surface area contributed by atoms with Gasteiger partial charge in [0.25, 0.3) is 0 Å². The van der Waals surface area contributed by atoms with Gasteiger partial charge >= 0.3 is 89.6 Å². The molecule has 0 aromatic carbocycles. The van der Waals surface area contributed by atoms with Gasteiger partial charge in [-0.1, -0.05) is 0 Å². The van der Waals surface area contributed by atoms with E-state index in [0.717, 1.165) is 24.3 Å². The Hall–Kier alpha value is 0.892. The van der Waals surface area contributed by atoms with Gasteiger partial charge in [-0.25, -0.2) is 0 Å². The van der Waals surface area contributed by atoms with Crippen LogP contribution in [0.5, 0.6) is 0 Å². The first-order chi connectivity index (χ1) is 5.26. The van der Waals surface area contributed by atoms with Gasteiger partial charge in [-0.3, -0.25) is 0 Å². The number of rotatable bonds is 4. The molecule has 0 aliphatic carbocycles. The first-order valence-corrected chi connectivity index (χ1v) is 10.5. The van der Waals surface area contributed by atoms with Crippen molar-refractivity contribution in [1.82, 2.24) is 4.90 Å². The van der Waals surface area contributed by atoms with Crippen molar-refractivity contribution in [2.75, 3.05) is 13.1 Å². The molecule has 0 rings (SSSR count). The van der Waals surface area contributed by atoms with Gasteiger partial charge in [-0.2, -0.15) is 0 Å². The van der Waals surface area contributed by atoms with E-state index in [-0.39, 0.29) is 6.09 Å². The molecule has 0 aliphatic rings. The van der Waals surface area contributed by atoms with Crippen molar-refractivity contribution in [2.24, 2.45) is 0 Å². The predicted octanol–water partition coefficient (Wildman–Crippen LogP) is 2.22. The zero-order valence-electron chi connectivity index (χ0n) is 6.70. The van der Waals surface area contributed by atoms with Crippen molar-refractivity contribution < 1.29 is 33.2 Å². The number of nitrogens with zero attached hydrogens (tertiary/aromatic N) is 1. The van der Waals surface area contributed by atoms with E-state index in [4.69, 9.17) is 4.18 Å². The molecule has 0 heterocycles. The zero-order chi connectivity index (χ0) is 8.69. The van der Waals surface area contributed by atoms with Crippen LogP contribution in [0.4, 0.5) is 4.79 Å². The molecule has 1 amide bonds. The quantitative estimate of drug-likeness (QED) is 0.451. The second-order valence-corrected chi connectivity index (χ2v) is 9.42. The third-order valence-corrected chi connectivity index (χ3v) is 4.45. The molecule has 0 aromatic rings.